The number of halogens is 1. The van der Waals surface area contributed by atoms with Crippen LogP contribution in [0.3, 0.4) is 0 Å². The fourth-order valence-corrected chi connectivity index (χ4v) is 1.98. The maximum Gasteiger partial charge on any atom is 0.335 e. The predicted molar refractivity (Wildman–Crippen MR) is 77.1 cm³/mol. The summed E-state index contributed by atoms with van der Waals surface area (Å²) in [5.74, 6) is -0.973. The summed E-state index contributed by atoms with van der Waals surface area (Å²) in [4.78, 5) is 23.5. The number of amides is 1. The van der Waals surface area contributed by atoms with Crippen LogP contribution in [0.4, 0.5) is 5.69 Å². The summed E-state index contributed by atoms with van der Waals surface area (Å²) in [6.45, 7) is 0.351. The number of hydrogen-bond donors (Lipinski definition) is 1. The van der Waals surface area contributed by atoms with Crippen molar-refractivity contribution in [3.05, 3.63) is 64.7 Å². The molecule has 0 saturated heterocycles. The van der Waals surface area contributed by atoms with E-state index in [1.54, 1.807) is 36.4 Å². The zero-order valence-corrected chi connectivity index (χ0v) is 11.2. The van der Waals surface area contributed by atoms with Crippen LogP contribution >= 0.6 is 11.6 Å². The van der Waals surface area contributed by atoms with Crippen LogP contribution in [0.25, 0.3) is 0 Å². The SMILES string of the molecule is O=CN(Cc1ccc(C(=O)O)cc1)c1cccc(Cl)c1. The lowest BCUT2D eigenvalue weighted by Crippen LogP contribution is -2.20. The number of anilines is 1. The third-order valence-corrected chi connectivity index (χ3v) is 3.06. The minimum absolute atomic E-state index is 0.217. The lowest BCUT2D eigenvalue weighted by Gasteiger charge is -2.17. The Labute approximate surface area is 121 Å². The third kappa shape index (κ3) is 3.36. The van der Waals surface area contributed by atoms with Crippen LogP contribution in [0.1, 0.15) is 15.9 Å². The van der Waals surface area contributed by atoms with Gasteiger partial charge in [0, 0.05) is 10.7 Å². The van der Waals surface area contributed by atoms with Crippen LogP contribution in [-0.4, -0.2) is 17.5 Å². The van der Waals surface area contributed by atoms with Gasteiger partial charge in [-0.1, -0.05) is 29.8 Å². The molecule has 5 heteroatoms. The number of aromatic carboxylic acids is 1. The Balaban J connectivity index is 2.18. The van der Waals surface area contributed by atoms with Crippen molar-refractivity contribution in [3.8, 4) is 0 Å². The van der Waals surface area contributed by atoms with Gasteiger partial charge in [0.15, 0.2) is 0 Å². The fraction of sp³-hybridized carbons (Fsp3) is 0.0667. The smallest absolute Gasteiger partial charge is 0.335 e. The molecule has 0 fully saturated rings. The van der Waals surface area contributed by atoms with Crippen molar-refractivity contribution in [2.24, 2.45) is 0 Å². The average Bonchev–Trinajstić information content (AvgIpc) is 2.45. The van der Waals surface area contributed by atoms with E-state index in [1.165, 1.54) is 17.0 Å². The highest BCUT2D eigenvalue weighted by molar-refractivity contribution is 6.30. The van der Waals surface area contributed by atoms with Gasteiger partial charge in [0.25, 0.3) is 0 Å². The van der Waals surface area contributed by atoms with Crippen LogP contribution in [0, 0.1) is 0 Å². The number of benzene rings is 2. The number of nitrogens with zero attached hydrogens (tertiary/aromatic N) is 1. The van der Waals surface area contributed by atoms with Gasteiger partial charge in [0.05, 0.1) is 12.1 Å². The van der Waals surface area contributed by atoms with Gasteiger partial charge in [-0.05, 0) is 35.9 Å². The molecule has 0 aromatic heterocycles. The van der Waals surface area contributed by atoms with Crippen LogP contribution < -0.4 is 4.90 Å². The second-order valence-electron chi connectivity index (χ2n) is 4.22. The Morgan fingerprint density at radius 1 is 1.20 bits per heavy atom. The molecular formula is C15H12ClNO3. The van der Waals surface area contributed by atoms with Gasteiger partial charge in [-0.25, -0.2) is 4.79 Å². The first-order valence-corrected chi connectivity index (χ1v) is 6.27. The molecule has 0 atom stereocenters. The summed E-state index contributed by atoms with van der Waals surface area (Å²) in [6, 6.07) is 13.4. The first-order valence-electron chi connectivity index (χ1n) is 5.90. The summed E-state index contributed by atoms with van der Waals surface area (Å²) in [5.41, 5.74) is 1.74. The van der Waals surface area contributed by atoms with Crippen LogP contribution in [0.5, 0.6) is 0 Å². The molecule has 0 saturated carbocycles. The largest absolute Gasteiger partial charge is 0.478 e. The van der Waals surface area contributed by atoms with E-state index in [2.05, 4.69) is 0 Å². The molecule has 0 unspecified atom stereocenters. The van der Waals surface area contributed by atoms with E-state index in [4.69, 9.17) is 16.7 Å². The zero-order valence-electron chi connectivity index (χ0n) is 10.5. The van der Waals surface area contributed by atoms with Crippen molar-refractivity contribution in [1.82, 2.24) is 0 Å². The Bertz CT molecular complexity index is 625. The molecule has 0 radical (unpaired) electrons. The number of hydrogen-bond acceptors (Lipinski definition) is 2. The molecule has 0 aliphatic rings. The van der Waals surface area contributed by atoms with E-state index in [0.717, 1.165) is 12.0 Å². The first kappa shape index (κ1) is 14.1. The molecule has 20 heavy (non-hydrogen) atoms. The van der Waals surface area contributed by atoms with E-state index in [-0.39, 0.29) is 5.56 Å². The number of rotatable bonds is 5. The summed E-state index contributed by atoms with van der Waals surface area (Å²) < 4.78 is 0. The normalized spacial score (nSPS) is 10.1. The van der Waals surface area contributed by atoms with Crippen LogP contribution in [0.15, 0.2) is 48.5 Å². The molecule has 1 N–H and O–H groups in total. The molecule has 0 heterocycles. The molecule has 2 aromatic carbocycles. The van der Waals surface area contributed by atoms with Crippen molar-refractivity contribution in [2.45, 2.75) is 6.54 Å². The molecule has 2 aromatic rings. The molecular weight excluding hydrogens is 278 g/mol. The maximum atomic E-state index is 11.2. The highest BCUT2D eigenvalue weighted by Gasteiger charge is 2.08. The fourth-order valence-electron chi connectivity index (χ4n) is 1.79. The van der Waals surface area contributed by atoms with Crippen molar-refractivity contribution >= 4 is 29.7 Å². The van der Waals surface area contributed by atoms with Crippen LogP contribution in [0.2, 0.25) is 5.02 Å². The molecule has 0 aliphatic carbocycles. The third-order valence-electron chi connectivity index (χ3n) is 2.82. The monoisotopic (exact) mass is 289 g/mol. The van der Waals surface area contributed by atoms with E-state index in [9.17, 15) is 9.59 Å². The van der Waals surface area contributed by atoms with Gasteiger partial charge in [-0.3, -0.25) is 4.79 Å². The average molecular weight is 290 g/mol. The van der Waals surface area contributed by atoms with Crippen molar-refractivity contribution < 1.29 is 14.7 Å². The quantitative estimate of drug-likeness (QED) is 0.860. The molecule has 2 rings (SSSR count). The van der Waals surface area contributed by atoms with Crippen LogP contribution in [-0.2, 0) is 11.3 Å². The molecule has 0 aliphatic heterocycles. The summed E-state index contributed by atoms with van der Waals surface area (Å²) in [6.07, 6.45) is 0.719. The highest BCUT2D eigenvalue weighted by atomic mass is 35.5. The van der Waals surface area contributed by atoms with Gasteiger partial charge in [-0.15, -0.1) is 0 Å². The topological polar surface area (TPSA) is 57.6 Å². The highest BCUT2D eigenvalue weighted by Crippen LogP contribution is 2.20. The Morgan fingerprint density at radius 2 is 1.90 bits per heavy atom. The Hall–Kier alpha value is -2.33. The predicted octanol–water partition coefficient (Wildman–Crippen LogP) is 3.20. The zero-order chi connectivity index (χ0) is 14.5. The van der Waals surface area contributed by atoms with Gasteiger partial charge >= 0.3 is 5.97 Å². The minimum Gasteiger partial charge on any atom is -0.478 e. The summed E-state index contributed by atoms with van der Waals surface area (Å²) in [5, 5.41) is 9.38. The summed E-state index contributed by atoms with van der Waals surface area (Å²) in [7, 11) is 0. The Kier molecular flexibility index (Phi) is 4.38. The minimum atomic E-state index is -0.973. The second-order valence-corrected chi connectivity index (χ2v) is 4.65. The molecule has 4 nitrogen and oxygen atoms in total. The van der Waals surface area contributed by atoms with Gasteiger partial charge in [-0.2, -0.15) is 0 Å². The number of carboxylic acid groups (broad SMARTS) is 1. The standard InChI is InChI=1S/C15H12ClNO3/c16-13-2-1-3-14(8-13)17(10-18)9-11-4-6-12(7-5-11)15(19)20/h1-8,10H,9H2,(H,19,20). The van der Waals surface area contributed by atoms with Crippen molar-refractivity contribution in [1.29, 1.82) is 0 Å². The molecule has 102 valence electrons. The lowest BCUT2D eigenvalue weighted by molar-refractivity contribution is -0.107. The van der Waals surface area contributed by atoms with Gasteiger partial charge < -0.3 is 10.0 Å². The van der Waals surface area contributed by atoms with E-state index >= 15 is 0 Å². The van der Waals surface area contributed by atoms with Gasteiger partial charge in [0.1, 0.15) is 0 Å². The first-order chi connectivity index (χ1) is 9.60. The van der Waals surface area contributed by atoms with Gasteiger partial charge in [0.2, 0.25) is 6.41 Å². The number of carbonyl (C=O) groups excluding carboxylic acids is 1. The van der Waals surface area contributed by atoms with Crippen molar-refractivity contribution in [2.75, 3.05) is 4.90 Å². The lowest BCUT2D eigenvalue weighted by atomic mass is 10.1. The van der Waals surface area contributed by atoms with E-state index < -0.39 is 5.97 Å². The molecule has 1 amide bonds. The molecule has 0 bridgehead atoms. The van der Waals surface area contributed by atoms with Crippen molar-refractivity contribution in [3.63, 3.8) is 0 Å². The van der Waals surface area contributed by atoms with E-state index in [0.29, 0.717) is 17.3 Å². The Morgan fingerprint density at radius 3 is 2.45 bits per heavy atom. The second kappa shape index (κ2) is 6.21. The summed E-state index contributed by atoms with van der Waals surface area (Å²) >= 11 is 5.90. The van der Waals surface area contributed by atoms with E-state index in [1.807, 2.05) is 0 Å². The number of carbonyl (C=O) groups is 2. The molecule has 0 spiro atoms. The number of carboxylic acids is 1. The maximum absolute atomic E-state index is 11.2.